The molecule has 3 aromatic rings. The van der Waals surface area contributed by atoms with Gasteiger partial charge in [0.25, 0.3) is 5.82 Å². The number of aryl methyl sites for hydroxylation is 1. The summed E-state index contributed by atoms with van der Waals surface area (Å²) in [6, 6.07) is 15.3. The zero-order valence-electron chi connectivity index (χ0n) is 12.5. The van der Waals surface area contributed by atoms with Crippen LogP contribution < -0.4 is 0 Å². The molecule has 0 radical (unpaired) electrons. The van der Waals surface area contributed by atoms with E-state index >= 15 is 0 Å². The first kappa shape index (κ1) is 16.5. The van der Waals surface area contributed by atoms with E-state index in [1.807, 2.05) is 6.07 Å². The fourth-order valence-corrected chi connectivity index (χ4v) is 3.22. The largest absolute Gasteiger partial charge is 0.606 e. The highest BCUT2D eigenvalue weighted by atomic mass is 32.2. The molecule has 4 nitrogen and oxygen atoms in total. The molecule has 0 N–H and O–H groups in total. The van der Waals surface area contributed by atoms with E-state index < -0.39 is 23.2 Å². The normalized spacial score (nSPS) is 13.0. The van der Waals surface area contributed by atoms with Crippen molar-refractivity contribution in [3.63, 3.8) is 0 Å². The van der Waals surface area contributed by atoms with Gasteiger partial charge in [0.05, 0.1) is 0 Å². The molecule has 8 heteroatoms. The maximum atomic E-state index is 12.7. The summed E-state index contributed by atoms with van der Waals surface area (Å²) in [5, 5.41) is 3.38. The van der Waals surface area contributed by atoms with Crippen molar-refractivity contribution in [3.8, 4) is 11.4 Å². The van der Waals surface area contributed by atoms with Gasteiger partial charge in [0, 0.05) is 23.8 Å². The number of hydrogen-bond acceptors (Lipinski definition) is 3. The Labute approximate surface area is 139 Å². The van der Waals surface area contributed by atoms with Gasteiger partial charge in [0.15, 0.2) is 15.6 Å². The Morgan fingerprint density at radius 1 is 0.958 bits per heavy atom. The Kier molecular flexibility index (Phi) is 4.33. The molecule has 0 bridgehead atoms. The zero-order valence-corrected chi connectivity index (χ0v) is 13.3. The fourth-order valence-electron chi connectivity index (χ4n) is 2.16. The standard InChI is InChI=1S/C16H12F3N3OS/c1-22-14(20-15(21-22)16(17,18)19)11-7-9-13(10-8-11)24(23)12-5-3-2-4-6-12/h2-10H,1H3. The molecule has 0 aliphatic heterocycles. The molecule has 0 aliphatic carbocycles. The van der Waals surface area contributed by atoms with Crippen molar-refractivity contribution < 1.29 is 17.7 Å². The number of aromatic nitrogens is 3. The highest BCUT2D eigenvalue weighted by Crippen LogP contribution is 2.29. The van der Waals surface area contributed by atoms with Gasteiger partial charge in [-0.1, -0.05) is 18.2 Å². The maximum absolute atomic E-state index is 12.7. The Morgan fingerprint density at radius 3 is 2.08 bits per heavy atom. The Hall–Kier alpha value is -2.32. The Bertz CT molecular complexity index is 832. The van der Waals surface area contributed by atoms with Crippen LogP contribution in [0.2, 0.25) is 0 Å². The first-order chi connectivity index (χ1) is 11.4. The smallest absolute Gasteiger partial charge is 0.453 e. The first-order valence-electron chi connectivity index (χ1n) is 6.92. The van der Waals surface area contributed by atoms with Crippen molar-refractivity contribution in [2.45, 2.75) is 16.0 Å². The summed E-state index contributed by atoms with van der Waals surface area (Å²) in [7, 11) is 1.40. The van der Waals surface area contributed by atoms with E-state index in [0.717, 1.165) is 4.68 Å². The van der Waals surface area contributed by atoms with E-state index in [9.17, 15) is 17.7 Å². The van der Waals surface area contributed by atoms with Crippen LogP contribution in [0, 0.1) is 0 Å². The van der Waals surface area contributed by atoms with Crippen molar-refractivity contribution in [1.29, 1.82) is 0 Å². The number of benzene rings is 2. The molecular weight excluding hydrogens is 339 g/mol. The molecular formula is C16H12F3N3OS. The second kappa shape index (κ2) is 6.29. The van der Waals surface area contributed by atoms with E-state index in [2.05, 4.69) is 10.1 Å². The van der Waals surface area contributed by atoms with Crippen LogP contribution in [0.5, 0.6) is 0 Å². The Balaban J connectivity index is 1.89. The third-order valence-corrected chi connectivity index (χ3v) is 4.70. The number of halogens is 3. The fraction of sp³-hybridized carbons (Fsp3) is 0.125. The van der Waals surface area contributed by atoms with Gasteiger partial charge in [-0.3, -0.25) is 0 Å². The summed E-state index contributed by atoms with van der Waals surface area (Å²) in [6.45, 7) is 0. The summed E-state index contributed by atoms with van der Waals surface area (Å²) in [5.41, 5.74) is 0.467. The summed E-state index contributed by atoms with van der Waals surface area (Å²) in [5.74, 6) is -1.09. The van der Waals surface area contributed by atoms with E-state index in [0.29, 0.717) is 15.4 Å². The molecule has 0 aliphatic rings. The molecule has 0 amide bonds. The lowest BCUT2D eigenvalue weighted by atomic mass is 10.2. The van der Waals surface area contributed by atoms with Crippen LogP contribution in [0.3, 0.4) is 0 Å². The quantitative estimate of drug-likeness (QED) is 0.677. The first-order valence-corrected chi connectivity index (χ1v) is 8.07. The minimum absolute atomic E-state index is 0.0966. The average Bonchev–Trinajstić information content (AvgIpc) is 2.97. The summed E-state index contributed by atoms with van der Waals surface area (Å²) >= 11 is -1.35. The Morgan fingerprint density at radius 2 is 1.54 bits per heavy atom. The van der Waals surface area contributed by atoms with Crippen LogP contribution in [0.4, 0.5) is 13.2 Å². The molecule has 0 fully saturated rings. The molecule has 2 aromatic carbocycles. The number of alkyl halides is 3. The summed E-state index contributed by atoms with van der Waals surface area (Å²) in [6.07, 6.45) is -4.59. The van der Waals surface area contributed by atoms with Crippen molar-refractivity contribution in [3.05, 3.63) is 60.4 Å². The van der Waals surface area contributed by atoms with Gasteiger partial charge in [-0.25, -0.2) is 9.67 Å². The van der Waals surface area contributed by atoms with Gasteiger partial charge in [-0.05, 0) is 36.4 Å². The average molecular weight is 351 g/mol. The predicted octanol–water partition coefficient (Wildman–Crippen LogP) is 3.67. The van der Waals surface area contributed by atoms with Crippen molar-refractivity contribution in [1.82, 2.24) is 14.8 Å². The molecule has 0 saturated heterocycles. The second-order valence-corrected chi connectivity index (χ2v) is 6.47. The lowest BCUT2D eigenvalue weighted by molar-refractivity contribution is -0.144. The van der Waals surface area contributed by atoms with Crippen LogP contribution in [0.15, 0.2) is 64.4 Å². The van der Waals surface area contributed by atoms with E-state index in [4.69, 9.17) is 0 Å². The van der Waals surface area contributed by atoms with Crippen LogP contribution in [0.1, 0.15) is 5.82 Å². The van der Waals surface area contributed by atoms with Crippen molar-refractivity contribution >= 4 is 11.2 Å². The van der Waals surface area contributed by atoms with Gasteiger partial charge in [-0.15, -0.1) is 5.10 Å². The van der Waals surface area contributed by atoms with Gasteiger partial charge >= 0.3 is 6.18 Å². The van der Waals surface area contributed by atoms with Gasteiger partial charge < -0.3 is 4.55 Å². The monoisotopic (exact) mass is 351 g/mol. The zero-order chi connectivity index (χ0) is 17.3. The lowest BCUT2D eigenvalue weighted by Gasteiger charge is -2.10. The molecule has 1 unspecified atom stereocenters. The number of rotatable bonds is 3. The molecule has 3 rings (SSSR count). The van der Waals surface area contributed by atoms with Gasteiger partial charge in [0.2, 0.25) is 0 Å². The molecule has 1 atom stereocenters. The minimum Gasteiger partial charge on any atom is -0.606 e. The molecule has 1 aromatic heterocycles. The summed E-state index contributed by atoms with van der Waals surface area (Å²) in [4.78, 5) is 4.75. The lowest BCUT2D eigenvalue weighted by Crippen LogP contribution is -2.08. The predicted molar refractivity (Wildman–Crippen MR) is 82.6 cm³/mol. The minimum atomic E-state index is -4.59. The molecule has 124 valence electrons. The third-order valence-electron chi connectivity index (χ3n) is 3.30. The van der Waals surface area contributed by atoms with Gasteiger partial charge in [-0.2, -0.15) is 13.2 Å². The molecule has 0 spiro atoms. The molecule has 0 saturated carbocycles. The van der Waals surface area contributed by atoms with Gasteiger partial charge in [0.1, 0.15) is 0 Å². The highest BCUT2D eigenvalue weighted by molar-refractivity contribution is 7.91. The maximum Gasteiger partial charge on any atom is 0.453 e. The highest BCUT2D eigenvalue weighted by Gasteiger charge is 2.36. The second-order valence-electron chi connectivity index (χ2n) is 4.99. The topological polar surface area (TPSA) is 53.8 Å². The van der Waals surface area contributed by atoms with Crippen LogP contribution >= 0.6 is 0 Å². The third kappa shape index (κ3) is 3.29. The van der Waals surface area contributed by atoms with Crippen LogP contribution in [-0.4, -0.2) is 19.3 Å². The van der Waals surface area contributed by atoms with Crippen molar-refractivity contribution in [2.24, 2.45) is 7.05 Å². The summed E-state index contributed by atoms with van der Waals surface area (Å²) < 4.78 is 51.5. The number of hydrogen-bond donors (Lipinski definition) is 0. The number of nitrogens with zero attached hydrogens (tertiary/aromatic N) is 3. The van der Waals surface area contributed by atoms with Crippen LogP contribution in [-0.2, 0) is 24.4 Å². The van der Waals surface area contributed by atoms with Crippen molar-refractivity contribution in [2.75, 3.05) is 0 Å². The van der Waals surface area contributed by atoms with E-state index in [-0.39, 0.29) is 5.82 Å². The van der Waals surface area contributed by atoms with Crippen LogP contribution in [0.25, 0.3) is 11.4 Å². The van der Waals surface area contributed by atoms with E-state index in [1.165, 1.54) is 7.05 Å². The van der Waals surface area contributed by atoms with E-state index in [1.54, 1.807) is 48.5 Å². The molecule has 1 heterocycles. The molecule has 24 heavy (non-hydrogen) atoms. The SMILES string of the molecule is Cn1nc(C(F)(F)F)nc1-c1ccc([S+]([O-])c2ccccc2)cc1.